The van der Waals surface area contributed by atoms with E-state index in [1.54, 1.807) is 0 Å². The fraction of sp³-hybridized carbons (Fsp3) is 0.611. The van der Waals surface area contributed by atoms with Crippen molar-refractivity contribution >= 4 is 11.6 Å². The van der Waals surface area contributed by atoms with Crippen LogP contribution < -0.4 is 5.32 Å². The van der Waals surface area contributed by atoms with Crippen LogP contribution in [0.2, 0.25) is 0 Å². The third-order valence-electron chi connectivity index (χ3n) is 5.03. The molecule has 1 amide bonds. The Morgan fingerprint density at radius 3 is 2.71 bits per heavy atom. The van der Waals surface area contributed by atoms with Gasteiger partial charge in [0.15, 0.2) is 0 Å². The summed E-state index contributed by atoms with van der Waals surface area (Å²) in [5.74, 6) is 0.512. The highest BCUT2D eigenvalue weighted by molar-refractivity contribution is 5.94. The summed E-state index contributed by atoms with van der Waals surface area (Å²) in [5, 5.41) is 13.7. The summed E-state index contributed by atoms with van der Waals surface area (Å²) in [6, 6.07) is 4.22. The van der Waals surface area contributed by atoms with Crippen molar-refractivity contribution in [2.75, 3.05) is 5.32 Å². The number of carbonyl (C=O) groups excluding carboxylic acids is 1. The van der Waals surface area contributed by atoms with E-state index in [-0.39, 0.29) is 12.0 Å². The van der Waals surface area contributed by atoms with Gasteiger partial charge >= 0.3 is 0 Å². The van der Waals surface area contributed by atoms with Gasteiger partial charge in [0.1, 0.15) is 0 Å². The summed E-state index contributed by atoms with van der Waals surface area (Å²) < 4.78 is 0. The van der Waals surface area contributed by atoms with Crippen molar-refractivity contribution in [2.45, 2.75) is 64.4 Å². The van der Waals surface area contributed by atoms with Crippen LogP contribution in [0.5, 0.6) is 0 Å². The average molecular weight is 287 g/mol. The number of aryl methyl sites for hydroxylation is 2. The van der Waals surface area contributed by atoms with Gasteiger partial charge in [0.2, 0.25) is 5.91 Å². The minimum absolute atomic E-state index is 0.109. The van der Waals surface area contributed by atoms with Crippen molar-refractivity contribution in [3.63, 3.8) is 0 Å². The Kier molecular flexibility index (Phi) is 4.29. The van der Waals surface area contributed by atoms with Crippen molar-refractivity contribution in [1.29, 1.82) is 0 Å². The third kappa shape index (κ3) is 2.98. The molecule has 2 N–H and O–H groups in total. The Morgan fingerprint density at radius 2 is 2.00 bits per heavy atom. The van der Waals surface area contributed by atoms with Gasteiger partial charge in [-0.1, -0.05) is 38.3 Å². The first-order chi connectivity index (χ1) is 10.2. The van der Waals surface area contributed by atoms with Crippen LogP contribution in [0.1, 0.15) is 68.2 Å². The molecule has 0 radical (unpaired) electrons. The maximum absolute atomic E-state index is 11.6. The monoisotopic (exact) mass is 287 g/mol. The fourth-order valence-corrected chi connectivity index (χ4v) is 3.77. The van der Waals surface area contributed by atoms with Crippen LogP contribution in [-0.4, -0.2) is 11.0 Å². The second kappa shape index (κ2) is 6.18. The molecule has 2 aliphatic rings. The number of fused-ring (bicyclic) bond motifs is 1. The highest BCUT2D eigenvalue weighted by Crippen LogP contribution is 2.37. The van der Waals surface area contributed by atoms with Gasteiger partial charge in [-0.15, -0.1) is 0 Å². The van der Waals surface area contributed by atoms with E-state index in [4.69, 9.17) is 0 Å². The summed E-state index contributed by atoms with van der Waals surface area (Å²) in [6.45, 7) is 2.10. The third-order valence-corrected chi connectivity index (χ3v) is 5.03. The highest BCUT2D eigenvalue weighted by atomic mass is 16.3. The quantitative estimate of drug-likeness (QED) is 0.889. The van der Waals surface area contributed by atoms with Gasteiger partial charge in [0.05, 0.1) is 6.10 Å². The lowest BCUT2D eigenvalue weighted by atomic mass is 9.81. The van der Waals surface area contributed by atoms with E-state index in [1.165, 1.54) is 24.8 Å². The molecule has 114 valence electrons. The molecular weight excluding hydrogens is 262 g/mol. The van der Waals surface area contributed by atoms with Crippen LogP contribution in [0.3, 0.4) is 0 Å². The molecule has 0 aromatic heterocycles. The molecule has 21 heavy (non-hydrogen) atoms. The first-order valence-electron chi connectivity index (χ1n) is 8.32. The molecule has 0 saturated heterocycles. The maximum atomic E-state index is 11.6. The number of aliphatic hydroxyl groups excluding tert-OH is 1. The van der Waals surface area contributed by atoms with Crippen molar-refractivity contribution < 1.29 is 9.90 Å². The zero-order valence-electron chi connectivity index (χ0n) is 12.8. The molecular formula is C18H25NO2. The average Bonchev–Trinajstić information content (AvgIpc) is 2.54. The smallest absolute Gasteiger partial charge is 0.224 e. The topological polar surface area (TPSA) is 49.3 Å². The molecule has 1 aromatic carbocycles. The molecule has 3 heteroatoms. The molecule has 1 aliphatic heterocycles. The molecule has 1 atom stereocenters. The van der Waals surface area contributed by atoms with Crippen LogP contribution in [0.15, 0.2) is 12.1 Å². The van der Waals surface area contributed by atoms with Crippen molar-refractivity contribution in [3.8, 4) is 0 Å². The van der Waals surface area contributed by atoms with Gasteiger partial charge in [-0.2, -0.15) is 0 Å². The van der Waals surface area contributed by atoms with Crippen molar-refractivity contribution in [2.24, 2.45) is 5.92 Å². The minimum atomic E-state index is -0.349. The summed E-state index contributed by atoms with van der Waals surface area (Å²) in [7, 11) is 0. The number of hydrogen-bond donors (Lipinski definition) is 2. The van der Waals surface area contributed by atoms with Crippen molar-refractivity contribution in [1.82, 2.24) is 0 Å². The van der Waals surface area contributed by atoms with E-state index in [9.17, 15) is 9.90 Å². The van der Waals surface area contributed by atoms with Gasteiger partial charge in [0.25, 0.3) is 0 Å². The summed E-state index contributed by atoms with van der Waals surface area (Å²) in [5.41, 5.74) is 4.39. The Bertz CT molecular complexity index is 515. The second-order valence-corrected chi connectivity index (χ2v) is 6.46. The highest BCUT2D eigenvalue weighted by Gasteiger charge is 2.26. The van der Waals surface area contributed by atoms with Gasteiger partial charge in [-0.05, 0) is 48.3 Å². The van der Waals surface area contributed by atoms with Crippen LogP contribution >= 0.6 is 0 Å². The number of anilines is 1. The van der Waals surface area contributed by atoms with Gasteiger partial charge in [-0.25, -0.2) is 0 Å². The normalized spacial score (nSPS) is 20.8. The predicted octanol–water partition coefficient (Wildman–Crippen LogP) is 3.75. The first kappa shape index (κ1) is 14.6. The summed E-state index contributed by atoms with van der Waals surface area (Å²) >= 11 is 0. The van der Waals surface area contributed by atoms with Crippen LogP contribution in [0.4, 0.5) is 5.69 Å². The zero-order valence-corrected chi connectivity index (χ0v) is 12.8. The number of aliphatic hydroxyl groups is 1. The Hall–Kier alpha value is -1.35. The summed E-state index contributed by atoms with van der Waals surface area (Å²) in [4.78, 5) is 11.6. The SMILES string of the molecule is CCc1cc(C(O)C2CCCCC2)cc2c1NC(=O)CC2. The number of hydrogen-bond acceptors (Lipinski definition) is 2. The molecule has 1 fully saturated rings. The number of benzene rings is 1. The largest absolute Gasteiger partial charge is 0.388 e. The Balaban J connectivity index is 1.90. The van der Waals surface area contributed by atoms with E-state index < -0.39 is 0 Å². The number of nitrogens with one attached hydrogen (secondary N) is 1. The Morgan fingerprint density at radius 1 is 1.24 bits per heavy atom. The van der Waals surface area contributed by atoms with Gasteiger partial charge in [-0.3, -0.25) is 4.79 Å². The van der Waals surface area contributed by atoms with Crippen molar-refractivity contribution in [3.05, 3.63) is 28.8 Å². The summed E-state index contributed by atoms with van der Waals surface area (Å²) in [6.07, 6.45) is 7.93. The lowest BCUT2D eigenvalue weighted by Crippen LogP contribution is -2.22. The zero-order chi connectivity index (χ0) is 14.8. The molecule has 0 spiro atoms. The molecule has 1 aromatic rings. The van der Waals surface area contributed by atoms with E-state index in [0.717, 1.165) is 42.5 Å². The lowest BCUT2D eigenvalue weighted by molar-refractivity contribution is -0.116. The predicted molar refractivity (Wildman–Crippen MR) is 84.3 cm³/mol. The molecule has 1 heterocycles. The molecule has 1 unspecified atom stereocenters. The van der Waals surface area contributed by atoms with E-state index in [0.29, 0.717) is 12.3 Å². The number of carbonyl (C=O) groups is 1. The van der Waals surface area contributed by atoms with Gasteiger partial charge in [0, 0.05) is 12.1 Å². The van der Waals surface area contributed by atoms with E-state index >= 15 is 0 Å². The fourth-order valence-electron chi connectivity index (χ4n) is 3.77. The van der Waals surface area contributed by atoms with Crippen LogP contribution in [0, 0.1) is 5.92 Å². The Labute approximate surface area is 126 Å². The molecule has 1 aliphatic carbocycles. The molecule has 3 nitrogen and oxygen atoms in total. The minimum Gasteiger partial charge on any atom is -0.388 e. The second-order valence-electron chi connectivity index (χ2n) is 6.46. The van der Waals surface area contributed by atoms with Crippen LogP contribution in [0.25, 0.3) is 0 Å². The standard InChI is InChI=1S/C18H25NO2/c1-2-12-10-15(18(21)13-6-4-3-5-7-13)11-14-8-9-16(20)19-17(12)14/h10-11,13,18,21H,2-9H2,1H3,(H,19,20). The van der Waals surface area contributed by atoms with Gasteiger partial charge < -0.3 is 10.4 Å². The first-order valence-corrected chi connectivity index (χ1v) is 8.32. The van der Waals surface area contributed by atoms with E-state index in [1.807, 2.05) is 0 Å². The number of rotatable bonds is 3. The molecule has 3 rings (SSSR count). The van der Waals surface area contributed by atoms with E-state index in [2.05, 4.69) is 24.4 Å². The molecule has 0 bridgehead atoms. The maximum Gasteiger partial charge on any atom is 0.224 e. The van der Waals surface area contributed by atoms with Crippen LogP contribution in [-0.2, 0) is 17.6 Å². The molecule has 1 saturated carbocycles. The number of amides is 1. The lowest BCUT2D eigenvalue weighted by Gasteiger charge is -2.29.